The summed E-state index contributed by atoms with van der Waals surface area (Å²) >= 11 is 0. The highest BCUT2D eigenvalue weighted by Gasteiger charge is 2.20. The van der Waals surface area contributed by atoms with E-state index >= 15 is 0 Å². The normalized spacial score (nSPS) is 10.9. The van der Waals surface area contributed by atoms with Crippen LogP contribution in [0, 0.1) is 0 Å². The van der Waals surface area contributed by atoms with Gasteiger partial charge in [0.1, 0.15) is 23.6 Å². The number of methoxy groups -OCH3 is 2. The van der Waals surface area contributed by atoms with Crippen molar-refractivity contribution in [1.29, 1.82) is 0 Å². The molecule has 5 rings (SSSR count). The van der Waals surface area contributed by atoms with Crippen LogP contribution in [0.25, 0.3) is 22.3 Å². The molecule has 3 aromatic carbocycles. The lowest BCUT2D eigenvalue weighted by Crippen LogP contribution is -2.33. The highest BCUT2D eigenvalue weighted by Crippen LogP contribution is 2.27. The smallest absolute Gasteiger partial charge is 0.249 e. The molecule has 1 N–H and O–H groups in total. The second kappa shape index (κ2) is 9.68. The van der Waals surface area contributed by atoms with Crippen LogP contribution in [0.2, 0.25) is 0 Å². The van der Waals surface area contributed by atoms with Crippen LogP contribution in [-0.2, 0) is 17.9 Å². The number of hydrogen-bond donors (Lipinski definition) is 1. The molecule has 9 nitrogen and oxygen atoms in total. The molecule has 0 radical (unpaired) electrons. The third-order valence-corrected chi connectivity index (χ3v) is 5.75. The molecule has 0 atom stereocenters. The third kappa shape index (κ3) is 4.70. The Morgan fingerprint density at radius 1 is 1.00 bits per heavy atom. The minimum atomic E-state index is -0.128. The van der Waals surface area contributed by atoms with Crippen molar-refractivity contribution >= 4 is 22.6 Å². The van der Waals surface area contributed by atoms with Crippen LogP contribution in [0.5, 0.6) is 11.5 Å². The molecule has 0 bridgehead atoms. The number of nitrogens with one attached hydrogen (secondary N) is 1. The topological polar surface area (TPSA) is 98.2 Å². The number of amides is 1. The molecular weight excluding hydrogens is 444 g/mol. The molecule has 0 unspecified atom stereocenters. The molecule has 0 fully saturated rings. The summed E-state index contributed by atoms with van der Waals surface area (Å²) in [6, 6.07) is 20.9. The van der Waals surface area contributed by atoms with Crippen LogP contribution in [-0.4, -0.2) is 45.1 Å². The van der Waals surface area contributed by atoms with Crippen LogP contribution in [0.1, 0.15) is 5.56 Å². The maximum absolute atomic E-state index is 13.6. The van der Waals surface area contributed by atoms with Gasteiger partial charge in [0, 0.05) is 11.8 Å². The Kier molecular flexibility index (Phi) is 6.13. The summed E-state index contributed by atoms with van der Waals surface area (Å²) in [4.78, 5) is 22.5. The quantitative estimate of drug-likeness (QED) is 0.369. The number of H-pyrrole nitrogens is 1. The van der Waals surface area contributed by atoms with Gasteiger partial charge >= 0.3 is 0 Å². The number of rotatable bonds is 8. The lowest BCUT2D eigenvalue weighted by molar-refractivity contribution is -0.119. The molecule has 9 heteroatoms. The first-order valence-corrected chi connectivity index (χ1v) is 11.0. The number of anilines is 1. The zero-order valence-corrected chi connectivity index (χ0v) is 19.4. The molecule has 0 saturated heterocycles. The molecule has 0 aliphatic rings. The number of aromatic amines is 1. The molecule has 0 aliphatic carbocycles. The highest BCUT2D eigenvalue weighted by molar-refractivity contribution is 5.94. The average Bonchev–Trinajstić information content (AvgIpc) is 3.58. The van der Waals surface area contributed by atoms with Gasteiger partial charge < -0.3 is 19.4 Å². The number of imidazole rings is 1. The Balaban J connectivity index is 1.49. The van der Waals surface area contributed by atoms with Gasteiger partial charge in [0.15, 0.2) is 0 Å². The van der Waals surface area contributed by atoms with E-state index in [9.17, 15) is 4.79 Å². The first kappa shape index (κ1) is 22.1. The number of aromatic nitrogens is 5. The van der Waals surface area contributed by atoms with E-state index in [-0.39, 0.29) is 12.5 Å². The summed E-state index contributed by atoms with van der Waals surface area (Å²) in [5.74, 6) is 1.18. The molecule has 2 aromatic heterocycles. The van der Waals surface area contributed by atoms with E-state index < -0.39 is 0 Å². The molecule has 176 valence electrons. The maximum atomic E-state index is 13.6. The molecule has 2 heterocycles. The molecule has 0 spiro atoms. The predicted octanol–water partition coefficient (Wildman–Crippen LogP) is 4.07. The number of carbonyl (C=O) groups excluding carboxylic acids is 1. The van der Waals surface area contributed by atoms with E-state index in [1.165, 1.54) is 0 Å². The van der Waals surface area contributed by atoms with Crippen molar-refractivity contribution in [1.82, 2.24) is 25.0 Å². The zero-order chi connectivity index (χ0) is 24.2. The van der Waals surface area contributed by atoms with Crippen molar-refractivity contribution < 1.29 is 14.3 Å². The van der Waals surface area contributed by atoms with Crippen LogP contribution in [0.4, 0.5) is 5.69 Å². The van der Waals surface area contributed by atoms with Gasteiger partial charge in [0.05, 0.1) is 44.5 Å². The van der Waals surface area contributed by atoms with E-state index in [1.807, 2.05) is 60.7 Å². The molecule has 5 aromatic rings. The number of hydrogen-bond acceptors (Lipinski definition) is 6. The largest absolute Gasteiger partial charge is 0.497 e. The van der Waals surface area contributed by atoms with Crippen molar-refractivity contribution in [2.75, 3.05) is 19.1 Å². The second-order valence-corrected chi connectivity index (χ2v) is 7.95. The van der Waals surface area contributed by atoms with E-state index in [2.05, 4.69) is 20.3 Å². The van der Waals surface area contributed by atoms with Gasteiger partial charge in [-0.3, -0.25) is 4.79 Å². The van der Waals surface area contributed by atoms with Gasteiger partial charge in [-0.05, 0) is 47.5 Å². The summed E-state index contributed by atoms with van der Waals surface area (Å²) in [5.41, 5.74) is 5.05. The Morgan fingerprint density at radius 3 is 2.43 bits per heavy atom. The van der Waals surface area contributed by atoms with E-state index in [1.54, 1.807) is 42.4 Å². The number of nitrogens with zero attached hydrogens (tertiary/aromatic N) is 5. The summed E-state index contributed by atoms with van der Waals surface area (Å²) in [6.07, 6.45) is 3.40. The summed E-state index contributed by atoms with van der Waals surface area (Å²) < 4.78 is 12.5. The summed E-state index contributed by atoms with van der Waals surface area (Å²) in [7, 11) is 3.21. The molecular formula is C26H24N6O3. The van der Waals surface area contributed by atoms with Gasteiger partial charge in [0.2, 0.25) is 5.91 Å². The molecule has 35 heavy (non-hydrogen) atoms. The Hall–Kier alpha value is -4.66. The predicted molar refractivity (Wildman–Crippen MR) is 132 cm³/mol. The first-order valence-electron chi connectivity index (χ1n) is 11.0. The van der Waals surface area contributed by atoms with Gasteiger partial charge in [-0.1, -0.05) is 29.5 Å². The van der Waals surface area contributed by atoms with Gasteiger partial charge in [-0.25, -0.2) is 9.67 Å². The third-order valence-electron chi connectivity index (χ3n) is 5.75. The van der Waals surface area contributed by atoms with Crippen molar-refractivity contribution in [3.63, 3.8) is 0 Å². The van der Waals surface area contributed by atoms with E-state index in [0.29, 0.717) is 18.0 Å². The standard InChI is InChI=1S/C26H24N6O3/c1-34-21-11-18(12-22(13-21)35-2)15-31(20-9-7-19(8-10-20)24-14-27-17-28-24)26(33)16-32-25-6-4-3-5-23(25)29-30-32/h3-14,17H,15-16H2,1-2H3,(H,27,28). The Bertz CT molecular complexity index is 1420. The summed E-state index contributed by atoms with van der Waals surface area (Å²) in [5, 5.41) is 8.36. The fraction of sp³-hybridized carbons (Fsp3) is 0.154. The van der Waals surface area contributed by atoms with Gasteiger partial charge in [0.25, 0.3) is 0 Å². The fourth-order valence-corrected chi connectivity index (χ4v) is 3.95. The molecule has 1 amide bonds. The van der Waals surface area contributed by atoms with E-state index in [4.69, 9.17) is 9.47 Å². The number of para-hydroxylation sites is 1. The number of benzene rings is 3. The van der Waals surface area contributed by atoms with Crippen LogP contribution >= 0.6 is 0 Å². The number of carbonyl (C=O) groups is 1. The lowest BCUT2D eigenvalue weighted by Gasteiger charge is -2.24. The lowest BCUT2D eigenvalue weighted by atomic mass is 10.1. The van der Waals surface area contributed by atoms with Crippen molar-refractivity contribution in [2.45, 2.75) is 13.1 Å². The SMILES string of the molecule is COc1cc(CN(C(=O)Cn2nnc3ccccc32)c2ccc(-c3cnc[nH]3)cc2)cc(OC)c1. The molecule has 0 saturated carbocycles. The van der Waals surface area contributed by atoms with E-state index in [0.717, 1.165) is 33.5 Å². The zero-order valence-electron chi connectivity index (χ0n) is 19.4. The molecule has 0 aliphatic heterocycles. The monoisotopic (exact) mass is 468 g/mol. The van der Waals surface area contributed by atoms with Gasteiger partial charge in [-0.15, -0.1) is 5.10 Å². The van der Waals surface area contributed by atoms with Crippen LogP contribution in [0.3, 0.4) is 0 Å². The number of ether oxygens (including phenoxy) is 2. The van der Waals surface area contributed by atoms with Crippen molar-refractivity contribution in [3.05, 3.63) is 84.8 Å². The van der Waals surface area contributed by atoms with Crippen molar-refractivity contribution in [2.24, 2.45) is 0 Å². The Labute approximate surface area is 201 Å². The van der Waals surface area contributed by atoms with Crippen LogP contribution < -0.4 is 14.4 Å². The van der Waals surface area contributed by atoms with Crippen LogP contribution in [0.15, 0.2) is 79.3 Å². The fourth-order valence-electron chi connectivity index (χ4n) is 3.95. The minimum Gasteiger partial charge on any atom is -0.497 e. The average molecular weight is 469 g/mol. The maximum Gasteiger partial charge on any atom is 0.249 e. The number of fused-ring (bicyclic) bond motifs is 1. The summed E-state index contributed by atoms with van der Waals surface area (Å²) in [6.45, 7) is 0.367. The minimum absolute atomic E-state index is 0.0456. The second-order valence-electron chi connectivity index (χ2n) is 7.95. The van der Waals surface area contributed by atoms with Gasteiger partial charge in [-0.2, -0.15) is 0 Å². The Morgan fingerprint density at radius 2 is 1.74 bits per heavy atom. The first-order chi connectivity index (χ1) is 17.1. The van der Waals surface area contributed by atoms with Crippen molar-refractivity contribution in [3.8, 4) is 22.8 Å². The highest BCUT2D eigenvalue weighted by atomic mass is 16.5.